The van der Waals surface area contributed by atoms with E-state index in [1.54, 1.807) is 6.92 Å². The molecule has 0 aliphatic carbocycles. The van der Waals surface area contributed by atoms with Crippen LogP contribution in [0.5, 0.6) is 0 Å². The predicted octanol–water partition coefficient (Wildman–Crippen LogP) is 2.47. The zero-order chi connectivity index (χ0) is 18.9. The van der Waals surface area contributed by atoms with Gasteiger partial charge in [0.25, 0.3) is 0 Å². The summed E-state index contributed by atoms with van der Waals surface area (Å²) < 4.78 is 0. The summed E-state index contributed by atoms with van der Waals surface area (Å²) in [5.74, 6) is -0.990. The molecule has 1 heterocycles. The van der Waals surface area contributed by atoms with Crippen molar-refractivity contribution in [2.45, 2.75) is 26.4 Å². The van der Waals surface area contributed by atoms with Crippen molar-refractivity contribution in [1.29, 1.82) is 0 Å². The normalized spacial score (nSPS) is 10.7. The summed E-state index contributed by atoms with van der Waals surface area (Å²) in [7, 11) is 2.05. The number of carboxylic acid groups (broad SMARTS) is 1. The SMILES string of the molecule is Cc1nc(CNC(=O)NCCCN(C)Cc2ccccc2)sc1C(=O)O. The molecule has 26 heavy (non-hydrogen) atoms. The first kappa shape index (κ1) is 19.9. The molecule has 1 aromatic carbocycles. The van der Waals surface area contributed by atoms with Crippen LogP contribution in [0.2, 0.25) is 0 Å². The molecule has 1 aromatic heterocycles. The van der Waals surface area contributed by atoms with Crippen LogP contribution in [-0.4, -0.2) is 47.1 Å². The standard InChI is InChI=1S/C18H24N4O3S/c1-13-16(17(23)24)26-15(21-13)11-20-18(25)19-9-6-10-22(2)12-14-7-4-3-5-8-14/h3-5,7-8H,6,9-12H2,1-2H3,(H,23,24)(H2,19,20,25). The fraction of sp³-hybridized carbons (Fsp3) is 0.389. The number of thiazole rings is 1. The van der Waals surface area contributed by atoms with Gasteiger partial charge < -0.3 is 20.6 Å². The lowest BCUT2D eigenvalue weighted by Gasteiger charge is -2.16. The van der Waals surface area contributed by atoms with Crippen LogP contribution in [0.3, 0.4) is 0 Å². The van der Waals surface area contributed by atoms with Gasteiger partial charge in [-0.15, -0.1) is 11.3 Å². The summed E-state index contributed by atoms with van der Waals surface area (Å²) in [5.41, 5.74) is 1.74. The van der Waals surface area contributed by atoms with Crippen molar-refractivity contribution in [1.82, 2.24) is 20.5 Å². The van der Waals surface area contributed by atoms with Crippen molar-refractivity contribution in [3.8, 4) is 0 Å². The van der Waals surface area contributed by atoms with Crippen LogP contribution in [0.4, 0.5) is 4.79 Å². The second kappa shape index (κ2) is 9.88. The zero-order valence-electron chi connectivity index (χ0n) is 15.0. The van der Waals surface area contributed by atoms with Crippen molar-refractivity contribution in [2.24, 2.45) is 0 Å². The number of aromatic carboxylic acids is 1. The smallest absolute Gasteiger partial charge is 0.347 e. The minimum Gasteiger partial charge on any atom is -0.477 e. The first-order valence-electron chi connectivity index (χ1n) is 8.39. The molecule has 0 fully saturated rings. The van der Waals surface area contributed by atoms with E-state index in [0.717, 1.165) is 30.8 Å². The van der Waals surface area contributed by atoms with Gasteiger partial charge in [0.15, 0.2) is 0 Å². The van der Waals surface area contributed by atoms with Gasteiger partial charge in [0, 0.05) is 13.1 Å². The van der Waals surface area contributed by atoms with Crippen LogP contribution in [-0.2, 0) is 13.1 Å². The van der Waals surface area contributed by atoms with Gasteiger partial charge in [-0.3, -0.25) is 0 Å². The number of amides is 2. The van der Waals surface area contributed by atoms with E-state index in [1.165, 1.54) is 5.56 Å². The Bertz CT molecular complexity index is 733. The van der Waals surface area contributed by atoms with E-state index in [2.05, 4.69) is 39.7 Å². The number of nitrogens with one attached hydrogen (secondary N) is 2. The van der Waals surface area contributed by atoms with Crippen molar-refractivity contribution in [2.75, 3.05) is 20.1 Å². The van der Waals surface area contributed by atoms with Crippen molar-refractivity contribution in [3.05, 3.63) is 51.5 Å². The maximum absolute atomic E-state index is 11.8. The highest BCUT2D eigenvalue weighted by Crippen LogP contribution is 2.17. The summed E-state index contributed by atoms with van der Waals surface area (Å²) >= 11 is 1.08. The number of carbonyl (C=O) groups excluding carboxylic acids is 1. The first-order chi connectivity index (χ1) is 12.5. The fourth-order valence-electron chi connectivity index (χ4n) is 2.47. The van der Waals surface area contributed by atoms with E-state index in [-0.39, 0.29) is 17.5 Å². The molecular weight excluding hydrogens is 352 g/mol. The van der Waals surface area contributed by atoms with Crippen LogP contribution in [0.15, 0.2) is 30.3 Å². The molecule has 0 saturated carbocycles. The molecule has 0 radical (unpaired) electrons. The molecule has 0 unspecified atom stereocenters. The molecule has 0 saturated heterocycles. The van der Waals surface area contributed by atoms with E-state index in [4.69, 9.17) is 5.11 Å². The highest BCUT2D eigenvalue weighted by molar-refractivity contribution is 7.13. The summed E-state index contributed by atoms with van der Waals surface area (Å²) in [6.45, 7) is 4.20. The van der Waals surface area contributed by atoms with Gasteiger partial charge in [0.05, 0.1) is 12.2 Å². The van der Waals surface area contributed by atoms with Crippen molar-refractivity contribution in [3.63, 3.8) is 0 Å². The number of carbonyl (C=O) groups is 2. The Hall–Kier alpha value is -2.45. The predicted molar refractivity (Wildman–Crippen MR) is 101 cm³/mol. The van der Waals surface area contributed by atoms with E-state index in [1.807, 2.05) is 18.2 Å². The maximum Gasteiger partial charge on any atom is 0.347 e. The number of aryl methyl sites for hydroxylation is 1. The molecule has 140 valence electrons. The van der Waals surface area contributed by atoms with Crippen molar-refractivity contribution >= 4 is 23.3 Å². The van der Waals surface area contributed by atoms with E-state index >= 15 is 0 Å². The second-order valence-electron chi connectivity index (χ2n) is 6.01. The lowest BCUT2D eigenvalue weighted by atomic mass is 10.2. The number of aromatic nitrogens is 1. The number of benzene rings is 1. The van der Waals surface area contributed by atoms with Crippen LogP contribution in [0, 0.1) is 6.92 Å². The lowest BCUT2D eigenvalue weighted by molar-refractivity contribution is 0.0701. The van der Waals surface area contributed by atoms with Gasteiger partial charge in [-0.2, -0.15) is 0 Å². The van der Waals surface area contributed by atoms with Gasteiger partial charge in [0.2, 0.25) is 0 Å². The van der Waals surface area contributed by atoms with Crippen LogP contribution in [0.1, 0.15) is 32.4 Å². The molecule has 2 aromatic rings. The van der Waals surface area contributed by atoms with Gasteiger partial charge in [0.1, 0.15) is 9.88 Å². The Morgan fingerprint density at radius 2 is 1.96 bits per heavy atom. The van der Waals surface area contributed by atoms with E-state index in [0.29, 0.717) is 17.2 Å². The molecule has 0 bridgehead atoms. The summed E-state index contributed by atoms with van der Waals surface area (Å²) in [5, 5.41) is 15.1. The first-order valence-corrected chi connectivity index (χ1v) is 9.21. The third kappa shape index (κ3) is 6.45. The number of hydrogen-bond donors (Lipinski definition) is 3. The van der Waals surface area contributed by atoms with E-state index in [9.17, 15) is 9.59 Å². The maximum atomic E-state index is 11.8. The fourth-order valence-corrected chi connectivity index (χ4v) is 3.31. The molecule has 0 atom stereocenters. The molecule has 7 nitrogen and oxygen atoms in total. The van der Waals surface area contributed by atoms with Gasteiger partial charge in [-0.1, -0.05) is 30.3 Å². The molecule has 0 spiro atoms. The summed E-state index contributed by atoms with van der Waals surface area (Å²) in [6.07, 6.45) is 0.844. The Kier molecular flexibility index (Phi) is 7.55. The summed E-state index contributed by atoms with van der Waals surface area (Å²) in [4.78, 5) is 29.4. The number of rotatable bonds is 9. The molecular formula is C18H24N4O3S. The largest absolute Gasteiger partial charge is 0.477 e. The van der Waals surface area contributed by atoms with Crippen LogP contribution >= 0.6 is 11.3 Å². The number of carboxylic acids is 1. The third-order valence-corrected chi connectivity index (χ3v) is 4.88. The highest BCUT2D eigenvalue weighted by atomic mass is 32.1. The molecule has 2 amide bonds. The number of hydrogen-bond acceptors (Lipinski definition) is 5. The minimum absolute atomic E-state index is 0.212. The molecule has 3 N–H and O–H groups in total. The van der Waals surface area contributed by atoms with Crippen LogP contribution in [0.25, 0.3) is 0 Å². The van der Waals surface area contributed by atoms with Gasteiger partial charge >= 0.3 is 12.0 Å². The second-order valence-corrected chi connectivity index (χ2v) is 7.10. The zero-order valence-corrected chi connectivity index (χ0v) is 15.8. The average molecular weight is 376 g/mol. The van der Waals surface area contributed by atoms with Crippen LogP contribution < -0.4 is 10.6 Å². The Balaban J connectivity index is 1.61. The van der Waals surface area contributed by atoms with Gasteiger partial charge in [-0.05, 0) is 32.5 Å². The Morgan fingerprint density at radius 1 is 1.23 bits per heavy atom. The Morgan fingerprint density at radius 3 is 2.62 bits per heavy atom. The molecule has 2 rings (SSSR count). The van der Waals surface area contributed by atoms with Gasteiger partial charge in [-0.25, -0.2) is 14.6 Å². The molecule has 0 aliphatic rings. The monoisotopic (exact) mass is 376 g/mol. The van der Waals surface area contributed by atoms with E-state index < -0.39 is 5.97 Å². The number of urea groups is 1. The lowest BCUT2D eigenvalue weighted by Crippen LogP contribution is -2.36. The van der Waals surface area contributed by atoms with Crippen molar-refractivity contribution < 1.29 is 14.7 Å². The number of nitrogens with zero attached hydrogens (tertiary/aromatic N) is 2. The topological polar surface area (TPSA) is 94.6 Å². The quantitative estimate of drug-likeness (QED) is 0.585. The Labute approximate surface area is 157 Å². The third-order valence-electron chi connectivity index (χ3n) is 3.73. The molecule has 0 aliphatic heterocycles. The summed E-state index contributed by atoms with van der Waals surface area (Å²) in [6, 6.07) is 9.97. The average Bonchev–Trinajstić information content (AvgIpc) is 2.99. The highest BCUT2D eigenvalue weighted by Gasteiger charge is 2.14. The minimum atomic E-state index is -0.990. The molecule has 8 heteroatoms.